The molecule has 0 atom stereocenters. The molecule has 5 heteroatoms. The van der Waals surface area contributed by atoms with Gasteiger partial charge < -0.3 is 19.1 Å². The van der Waals surface area contributed by atoms with Crippen LogP contribution in [0.25, 0.3) is 11.0 Å². The number of carbonyl (C=O) groups excluding carboxylic acids is 1. The number of fused-ring (bicyclic) bond motifs is 1. The molecule has 0 aliphatic carbocycles. The van der Waals surface area contributed by atoms with Gasteiger partial charge in [-0.3, -0.25) is 0 Å². The quantitative estimate of drug-likeness (QED) is 0.853. The van der Waals surface area contributed by atoms with Gasteiger partial charge in [0, 0.05) is 12.5 Å². The van der Waals surface area contributed by atoms with Crippen molar-refractivity contribution in [1.82, 2.24) is 0 Å². The highest BCUT2D eigenvalue weighted by Gasteiger charge is 2.16. The maximum Gasteiger partial charge on any atom is 0.343 e. The van der Waals surface area contributed by atoms with Gasteiger partial charge in [-0.15, -0.1) is 0 Å². The highest BCUT2D eigenvalue weighted by Crippen LogP contribution is 2.30. The molecule has 1 N–H and O–H groups in total. The Hall–Kier alpha value is -2.30. The normalized spacial score (nSPS) is 10.6. The van der Waals surface area contributed by atoms with Crippen molar-refractivity contribution in [2.75, 3.05) is 7.11 Å². The molecule has 0 fully saturated rings. The fourth-order valence-electron chi connectivity index (χ4n) is 1.95. The van der Waals surface area contributed by atoms with Crippen LogP contribution < -0.4 is 10.4 Å². The molecule has 2 aromatic rings. The Morgan fingerprint density at radius 3 is 2.79 bits per heavy atom. The lowest BCUT2D eigenvalue weighted by Gasteiger charge is -2.09. The molecule has 2 rings (SSSR count). The number of rotatable bonds is 4. The van der Waals surface area contributed by atoms with E-state index in [9.17, 15) is 14.7 Å². The third kappa shape index (κ3) is 2.59. The van der Waals surface area contributed by atoms with Gasteiger partial charge in [0.2, 0.25) is 0 Å². The number of phenols is 1. The lowest BCUT2D eigenvalue weighted by Crippen LogP contribution is -2.11. The number of phenolic OH excluding ortho intramolecular Hbond substituents is 1. The summed E-state index contributed by atoms with van der Waals surface area (Å²) in [5, 5.41) is 9.98. The van der Waals surface area contributed by atoms with Gasteiger partial charge in [-0.05, 0) is 25.5 Å². The highest BCUT2D eigenvalue weighted by atomic mass is 16.5. The Balaban J connectivity index is 2.63. The number of methoxy groups -OCH3 is 1. The SMILES string of the molecule is COc1c(CCC(C)=O)c(=O)oc2cc(O)ccc12. The van der Waals surface area contributed by atoms with E-state index in [0.29, 0.717) is 16.7 Å². The number of Topliss-reactive ketones (excluding diaryl/α,β-unsaturated/α-hetero) is 1. The Labute approximate surface area is 109 Å². The van der Waals surface area contributed by atoms with Gasteiger partial charge in [0.15, 0.2) is 0 Å². The molecule has 0 aliphatic rings. The number of benzene rings is 1. The van der Waals surface area contributed by atoms with Crippen molar-refractivity contribution in [3.05, 3.63) is 34.2 Å². The van der Waals surface area contributed by atoms with Gasteiger partial charge in [-0.1, -0.05) is 0 Å². The summed E-state index contributed by atoms with van der Waals surface area (Å²) in [4.78, 5) is 22.9. The first kappa shape index (κ1) is 13.1. The van der Waals surface area contributed by atoms with Crippen LogP contribution in [-0.4, -0.2) is 18.0 Å². The van der Waals surface area contributed by atoms with Crippen molar-refractivity contribution < 1.29 is 19.1 Å². The van der Waals surface area contributed by atoms with Gasteiger partial charge in [0.25, 0.3) is 0 Å². The summed E-state index contributed by atoms with van der Waals surface area (Å²) >= 11 is 0. The van der Waals surface area contributed by atoms with E-state index in [-0.39, 0.29) is 30.0 Å². The number of carbonyl (C=O) groups is 1. The molecule has 1 aromatic heterocycles. The summed E-state index contributed by atoms with van der Waals surface area (Å²) in [6.07, 6.45) is 0.530. The van der Waals surface area contributed by atoms with Crippen LogP contribution in [0, 0.1) is 0 Å². The van der Waals surface area contributed by atoms with E-state index in [1.165, 1.54) is 26.2 Å². The van der Waals surface area contributed by atoms with Crippen molar-refractivity contribution in [1.29, 1.82) is 0 Å². The lowest BCUT2D eigenvalue weighted by molar-refractivity contribution is -0.116. The smallest absolute Gasteiger partial charge is 0.343 e. The molecular weight excluding hydrogens is 248 g/mol. The van der Waals surface area contributed by atoms with Crippen molar-refractivity contribution in [2.45, 2.75) is 19.8 Å². The van der Waals surface area contributed by atoms with E-state index in [2.05, 4.69) is 0 Å². The van der Waals surface area contributed by atoms with Crippen molar-refractivity contribution in [2.24, 2.45) is 0 Å². The fraction of sp³-hybridized carbons (Fsp3) is 0.286. The Bertz CT molecular complexity index is 684. The Morgan fingerprint density at radius 2 is 2.16 bits per heavy atom. The largest absolute Gasteiger partial charge is 0.508 e. The minimum Gasteiger partial charge on any atom is -0.508 e. The minimum atomic E-state index is -0.545. The number of hydrogen-bond acceptors (Lipinski definition) is 5. The molecule has 0 saturated heterocycles. The molecule has 1 aromatic carbocycles. The number of ether oxygens (including phenoxy) is 1. The van der Waals surface area contributed by atoms with Crippen LogP contribution in [0.2, 0.25) is 0 Å². The molecule has 0 aliphatic heterocycles. The van der Waals surface area contributed by atoms with Crippen LogP contribution in [0.4, 0.5) is 0 Å². The maximum atomic E-state index is 11.9. The third-order valence-corrected chi connectivity index (χ3v) is 2.86. The van der Waals surface area contributed by atoms with E-state index < -0.39 is 5.63 Å². The third-order valence-electron chi connectivity index (χ3n) is 2.86. The first-order valence-corrected chi connectivity index (χ1v) is 5.85. The lowest BCUT2D eigenvalue weighted by atomic mass is 10.1. The molecule has 0 spiro atoms. The van der Waals surface area contributed by atoms with E-state index in [4.69, 9.17) is 9.15 Å². The first-order chi connectivity index (χ1) is 9.02. The molecule has 0 saturated carbocycles. The van der Waals surface area contributed by atoms with Crippen LogP contribution in [0.1, 0.15) is 18.9 Å². The Morgan fingerprint density at radius 1 is 1.42 bits per heavy atom. The van der Waals surface area contributed by atoms with E-state index in [0.717, 1.165) is 0 Å². The zero-order valence-electron chi connectivity index (χ0n) is 10.7. The van der Waals surface area contributed by atoms with E-state index in [1.54, 1.807) is 6.07 Å². The molecular formula is C14H14O5. The standard InChI is InChI=1S/C14H14O5/c1-8(15)3-5-11-13(18-2)10-6-4-9(16)7-12(10)19-14(11)17/h4,6-7,16H,3,5H2,1-2H3. The van der Waals surface area contributed by atoms with Gasteiger partial charge in [-0.2, -0.15) is 0 Å². The molecule has 1 heterocycles. The summed E-state index contributed by atoms with van der Waals surface area (Å²) in [7, 11) is 1.46. The van der Waals surface area contributed by atoms with Gasteiger partial charge in [-0.25, -0.2) is 4.79 Å². The topological polar surface area (TPSA) is 76.7 Å². The minimum absolute atomic E-state index is 0.00717. The van der Waals surface area contributed by atoms with E-state index in [1.807, 2.05) is 0 Å². The summed E-state index contributed by atoms with van der Waals surface area (Å²) in [5.41, 5.74) is 0.0560. The van der Waals surface area contributed by atoms with Gasteiger partial charge in [0.05, 0.1) is 18.1 Å². The zero-order valence-corrected chi connectivity index (χ0v) is 10.7. The molecule has 5 nitrogen and oxygen atoms in total. The van der Waals surface area contributed by atoms with Crippen molar-refractivity contribution in [3.8, 4) is 11.5 Å². The second-order valence-corrected chi connectivity index (χ2v) is 4.28. The second-order valence-electron chi connectivity index (χ2n) is 4.28. The maximum absolute atomic E-state index is 11.9. The van der Waals surface area contributed by atoms with E-state index >= 15 is 0 Å². The average molecular weight is 262 g/mol. The number of ketones is 1. The van der Waals surface area contributed by atoms with Crippen molar-refractivity contribution >= 4 is 16.8 Å². The van der Waals surface area contributed by atoms with Gasteiger partial charge in [0.1, 0.15) is 22.9 Å². The number of hydrogen-bond donors (Lipinski definition) is 1. The average Bonchev–Trinajstić information content (AvgIpc) is 2.35. The molecule has 100 valence electrons. The van der Waals surface area contributed by atoms with Crippen LogP contribution in [-0.2, 0) is 11.2 Å². The fourth-order valence-corrected chi connectivity index (χ4v) is 1.95. The van der Waals surface area contributed by atoms with Crippen LogP contribution >= 0.6 is 0 Å². The predicted octanol–water partition coefficient (Wildman–Crippen LogP) is 2.03. The summed E-state index contributed by atoms with van der Waals surface area (Å²) < 4.78 is 10.4. The van der Waals surface area contributed by atoms with Crippen LogP contribution in [0.3, 0.4) is 0 Å². The second kappa shape index (κ2) is 5.14. The Kier molecular flexibility index (Phi) is 3.55. The summed E-state index contributed by atoms with van der Waals surface area (Å²) in [6, 6.07) is 4.46. The highest BCUT2D eigenvalue weighted by molar-refractivity contribution is 5.85. The molecule has 0 unspecified atom stereocenters. The monoisotopic (exact) mass is 262 g/mol. The number of aromatic hydroxyl groups is 1. The molecule has 0 radical (unpaired) electrons. The first-order valence-electron chi connectivity index (χ1n) is 5.85. The van der Waals surface area contributed by atoms with Crippen LogP contribution in [0.15, 0.2) is 27.4 Å². The zero-order chi connectivity index (χ0) is 14.0. The molecule has 19 heavy (non-hydrogen) atoms. The summed E-state index contributed by atoms with van der Waals surface area (Å²) in [5.74, 6) is 0.397. The van der Waals surface area contributed by atoms with Gasteiger partial charge >= 0.3 is 5.63 Å². The van der Waals surface area contributed by atoms with Crippen LogP contribution in [0.5, 0.6) is 11.5 Å². The van der Waals surface area contributed by atoms with Crippen molar-refractivity contribution in [3.63, 3.8) is 0 Å². The molecule has 0 bridgehead atoms. The molecule has 0 amide bonds. The predicted molar refractivity (Wildman–Crippen MR) is 69.7 cm³/mol. The summed E-state index contributed by atoms with van der Waals surface area (Å²) in [6.45, 7) is 1.47.